The minimum atomic E-state index is -6.00. The molecule has 0 bridgehead atoms. The lowest BCUT2D eigenvalue weighted by molar-refractivity contribution is -0.506. The van der Waals surface area contributed by atoms with Crippen LogP contribution in [0.1, 0.15) is 48.8 Å². The zero-order valence-electron chi connectivity index (χ0n) is 16.4. The topological polar surface area (TPSA) is 6.25 Å². The highest BCUT2D eigenvalue weighted by atomic mass is 19.5. The Morgan fingerprint density at radius 3 is 1.86 bits per heavy atom. The third kappa shape index (κ3) is 6.91. The predicted octanol–water partition coefficient (Wildman–Crippen LogP) is 5.74. The van der Waals surface area contributed by atoms with Crippen LogP contribution in [0.15, 0.2) is 60.7 Å². The molecule has 2 heterocycles. The first kappa shape index (κ1) is 21.4. The molecule has 2 aromatic carbocycles. The monoisotopic (exact) mass is 406 g/mol. The van der Waals surface area contributed by atoms with Crippen LogP contribution in [0.2, 0.25) is 0 Å². The van der Waals surface area contributed by atoms with Crippen molar-refractivity contribution >= 4 is 13.6 Å². The first-order valence-corrected chi connectivity index (χ1v) is 10.2. The number of likely N-dealkylation sites (tertiary alicyclic amines) is 1. The van der Waals surface area contributed by atoms with Crippen LogP contribution >= 0.6 is 0 Å². The molecule has 0 unspecified atom stereocenters. The van der Waals surface area contributed by atoms with Gasteiger partial charge in [-0.25, -0.2) is 0 Å². The Kier molecular flexibility index (Phi) is 7.34. The summed E-state index contributed by atoms with van der Waals surface area (Å²) in [7, 11) is -6.00. The summed E-state index contributed by atoms with van der Waals surface area (Å²) in [4.78, 5) is 2.61. The molecule has 156 valence electrons. The lowest BCUT2D eigenvalue weighted by Gasteiger charge is -2.34. The minimum absolute atomic E-state index is 0.520. The van der Waals surface area contributed by atoms with Gasteiger partial charge in [0, 0.05) is 5.92 Å². The average Bonchev–Trinajstić information content (AvgIpc) is 3.21. The second-order valence-corrected chi connectivity index (χ2v) is 7.66. The van der Waals surface area contributed by atoms with Crippen molar-refractivity contribution in [3.8, 4) is 0 Å². The average molecular weight is 406 g/mol. The molecule has 7 heteroatoms. The summed E-state index contributed by atoms with van der Waals surface area (Å²) in [5.41, 5.74) is 2.95. The molecule has 2 atom stereocenters. The van der Waals surface area contributed by atoms with Gasteiger partial charge in [-0.2, -0.15) is 0 Å². The molecule has 0 N–H and O–H groups in total. The van der Waals surface area contributed by atoms with E-state index in [9.17, 15) is 17.3 Å². The lowest BCUT2D eigenvalue weighted by Crippen LogP contribution is -2.38. The van der Waals surface area contributed by atoms with Gasteiger partial charge in [-0.15, -0.1) is 0 Å². The van der Waals surface area contributed by atoms with Gasteiger partial charge in [0.2, 0.25) is 6.34 Å². The zero-order chi connectivity index (χ0) is 20.7. The van der Waals surface area contributed by atoms with E-state index in [-0.39, 0.29) is 0 Å². The van der Waals surface area contributed by atoms with Gasteiger partial charge in [-0.3, -0.25) is 9.48 Å². The van der Waals surface area contributed by atoms with E-state index in [1.54, 1.807) is 0 Å². The molecule has 2 fully saturated rings. The van der Waals surface area contributed by atoms with E-state index in [2.05, 4.69) is 76.5 Å². The highest BCUT2D eigenvalue weighted by Gasteiger charge is 2.33. The van der Waals surface area contributed by atoms with Gasteiger partial charge in [0.1, 0.15) is 6.04 Å². The van der Waals surface area contributed by atoms with Gasteiger partial charge >= 0.3 is 7.25 Å². The van der Waals surface area contributed by atoms with Crippen molar-refractivity contribution in [3.63, 3.8) is 0 Å². The van der Waals surface area contributed by atoms with Gasteiger partial charge < -0.3 is 17.3 Å². The Morgan fingerprint density at radius 2 is 1.31 bits per heavy atom. The van der Waals surface area contributed by atoms with Crippen LogP contribution in [0, 0.1) is 0 Å². The summed E-state index contributed by atoms with van der Waals surface area (Å²) in [6, 6.07) is 22.6. The third-order valence-corrected chi connectivity index (χ3v) is 5.53. The van der Waals surface area contributed by atoms with Crippen molar-refractivity contribution in [2.24, 2.45) is 0 Å². The minimum Gasteiger partial charge on any atom is -0.418 e. The van der Waals surface area contributed by atoms with Gasteiger partial charge in [0.05, 0.1) is 19.6 Å². The number of piperidine rings is 1. The van der Waals surface area contributed by atoms with Gasteiger partial charge in [0.15, 0.2) is 0 Å². The fourth-order valence-corrected chi connectivity index (χ4v) is 4.22. The largest absolute Gasteiger partial charge is 0.673 e. The molecule has 2 aromatic rings. The van der Waals surface area contributed by atoms with Crippen LogP contribution in [0.25, 0.3) is 0 Å². The second kappa shape index (κ2) is 9.94. The molecular formula is C22H27BF4N2. The molecule has 0 radical (unpaired) electrons. The van der Waals surface area contributed by atoms with Crippen molar-refractivity contribution in [1.29, 1.82) is 0 Å². The van der Waals surface area contributed by atoms with Crippen molar-refractivity contribution in [2.45, 2.75) is 37.6 Å². The maximum Gasteiger partial charge on any atom is 0.673 e. The molecule has 0 amide bonds. The van der Waals surface area contributed by atoms with Crippen molar-refractivity contribution < 1.29 is 21.8 Å². The van der Waals surface area contributed by atoms with Crippen LogP contribution in [-0.4, -0.2) is 42.7 Å². The van der Waals surface area contributed by atoms with Gasteiger partial charge in [-0.1, -0.05) is 60.7 Å². The van der Waals surface area contributed by atoms with E-state index in [1.165, 1.54) is 49.9 Å². The van der Waals surface area contributed by atoms with Crippen LogP contribution in [0.5, 0.6) is 0 Å². The number of halogens is 4. The normalized spacial score (nSPS) is 22.1. The van der Waals surface area contributed by atoms with Crippen molar-refractivity contribution in [2.75, 3.05) is 19.6 Å². The van der Waals surface area contributed by atoms with Crippen molar-refractivity contribution in [3.05, 3.63) is 71.8 Å². The fourth-order valence-electron chi connectivity index (χ4n) is 4.22. The summed E-state index contributed by atoms with van der Waals surface area (Å²) < 4.78 is 41.5. The van der Waals surface area contributed by atoms with E-state index < -0.39 is 7.25 Å². The highest BCUT2D eigenvalue weighted by Crippen LogP contribution is 2.36. The highest BCUT2D eigenvalue weighted by molar-refractivity contribution is 6.50. The van der Waals surface area contributed by atoms with Crippen LogP contribution in [0.4, 0.5) is 17.3 Å². The van der Waals surface area contributed by atoms with Gasteiger partial charge in [0.25, 0.3) is 0 Å². The number of hydrogen-bond donors (Lipinski definition) is 0. The third-order valence-electron chi connectivity index (χ3n) is 5.53. The molecule has 2 nitrogen and oxygen atoms in total. The molecule has 2 saturated heterocycles. The summed E-state index contributed by atoms with van der Waals surface area (Å²) in [6.07, 6.45) is 7.60. The molecule has 0 aromatic heterocycles. The Labute approximate surface area is 170 Å². The molecule has 2 aliphatic rings. The lowest BCUT2D eigenvalue weighted by atomic mass is 9.85. The van der Waals surface area contributed by atoms with E-state index in [0.717, 1.165) is 6.54 Å². The predicted molar refractivity (Wildman–Crippen MR) is 110 cm³/mol. The number of hydrogen-bond acceptors (Lipinski definition) is 0. The van der Waals surface area contributed by atoms with E-state index >= 15 is 0 Å². The van der Waals surface area contributed by atoms with Crippen LogP contribution in [0.3, 0.4) is 0 Å². The second-order valence-electron chi connectivity index (χ2n) is 7.66. The summed E-state index contributed by atoms with van der Waals surface area (Å²) in [5.74, 6) is 0.644. The standard InChI is InChI=1S/C22H27N2.BF4/c1-3-9-19(10-4-1)21-13-14-22(20-11-5-2-6-12-20)24(17-21)18-23-15-7-8-16-23;2-1(3,4)5/h1-6,9-12,18,21-22H,7-8,13-17H2;/q+1;-1/t21-,22+;/m0./s1. The molecule has 4 rings (SSSR count). The van der Waals surface area contributed by atoms with Crippen LogP contribution < -0.4 is 0 Å². The van der Waals surface area contributed by atoms with Gasteiger partial charge in [-0.05, 0) is 36.8 Å². The summed E-state index contributed by atoms with van der Waals surface area (Å²) >= 11 is 0. The maximum atomic E-state index is 9.75. The fraction of sp³-hybridized carbons (Fsp3) is 0.409. The molecule has 0 aliphatic carbocycles. The molecule has 2 aliphatic heterocycles. The van der Waals surface area contributed by atoms with E-state index in [1.807, 2.05) is 0 Å². The van der Waals surface area contributed by atoms with Crippen molar-refractivity contribution in [1.82, 2.24) is 4.90 Å². The summed E-state index contributed by atoms with van der Waals surface area (Å²) in [5, 5.41) is 0. The van der Waals surface area contributed by atoms with E-state index in [0.29, 0.717) is 12.0 Å². The molecule has 29 heavy (non-hydrogen) atoms. The molecule has 0 saturated carbocycles. The number of rotatable bonds is 3. The Balaban J connectivity index is 0.000000431. The SMILES string of the molecule is C(N1C[C@@H](c2ccccc2)CC[C@@H]1c1ccccc1)=[N+]1CCCC1.F[B-](F)(F)F. The quantitative estimate of drug-likeness (QED) is 0.273. The summed E-state index contributed by atoms with van der Waals surface area (Å²) in [6.45, 7) is 3.56. The smallest absolute Gasteiger partial charge is 0.418 e. The Bertz CT molecular complexity index is 766. The Hall–Kier alpha value is -2.31. The van der Waals surface area contributed by atoms with Crippen LogP contribution in [-0.2, 0) is 0 Å². The zero-order valence-corrected chi connectivity index (χ0v) is 16.4. The molecule has 0 spiro atoms. The molecular weight excluding hydrogens is 379 g/mol. The number of benzene rings is 2. The maximum absolute atomic E-state index is 9.75. The first-order valence-electron chi connectivity index (χ1n) is 10.2. The number of nitrogens with zero attached hydrogens (tertiary/aromatic N) is 2. The van der Waals surface area contributed by atoms with E-state index in [4.69, 9.17) is 0 Å². The Morgan fingerprint density at radius 1 is 0.793 bits per heavy atom. The first-order chi connectivity index (χ1) is 13.9.